The number of hydrogen-bond donors (Lipinski definition) is 0. The summed E-state index contributed by atoms with van der Waals surface area (Å²) in [5.41, 5.74) is -0.188. The second kappa shape index (κ2) is 10.2. The number of alkyl halides is 3. The van der Waals surface area contributed by atoms with Crippen molar-refractivity contribution >= 4 is 11.9 Å². The van der Waals surface area contributed by atoms with Crippen LogP contribution in [-0.2, 0) is 19.1 Å². The minimum atomic E-state index is -4.66. The Labute approximate surface area is 200 Å². The Hall–Kier alpha value is -3.80. The van der Waals surface area contributed by atoms with Gasteiger partial charge in [0.2, 0.25) is 6.10 Å². The molecule has 0 saturated heterocycles. The van der Waals surface area contributed by atoms with Crippen molar-refractivity contribution in [1.29, 1.82) is 5.26 Å². The second-order valence-electron chi connectivity index (χ2n) is 8.74. The van der Waals surface area contributed by atoms with Crippen LogP contribution in [0.1, 0.15) is 32.4 Å². The number of rotatable bonds is 8. The maximum Gasteiger partial charge on any atom is 0.425 e. The lowest BCUT2D eigenvalue weighted by molar-refractivity contribution is -0.213. The number of benzene rings is 2. The van der Waals surface area contributed by atoms with Crippen LogP contribution in [-0.4, -0.2) is 24.2 Å². The molecule has 35 heavy (non-hydrogen) atoms. The first kappa shape index (κ1) is 25.8. The molecule has 6 nitrogen and oxygen atoms in total. The molecule has 1 aliphatic rings. The average molecular weight is 487 g/mol. The largest absolute Gasteiger partial charge is 0.457 e. The van der Waals surface area contributed by atoms with Crippen LogP contribution in [0.5, 0.6) is 11.5 Å². The lowest BCUT2D eigenvalue weighted by atomic mass is 10.1. The number of hydrogen-bond acceptors (Lipinski definition) is 6. The minimum absolute atomic E-state index is 0.421. The molecule has 2 aromatic carbocycles. The molecular weight excluding hydrogens is 463 g/mol. The van der Waals surface area contributed by atoms with Gasteiger partial charge in [-0.15, -0.1) is 0 Å². The summed E-state index contributed by atoms with van der Waals surface area (Å²) in [7, 11) is 0. The van der Waals surface area contributed by atoms with E-state index in [1.54, 1.807) is 50.2 Å². The molecule has 184 valence electrons. The molecule has 0 aliphatic heterocycles. The molecule has 0 radical (unpaired) electrons. The molecular formula is C26H24F3NO5. The van der Waals surface area contributed by atoms with E-state index < -0.39 is 47.6 Å². The number of carbonyl (C=O) groups excluding carboxylic acids is 2. The van der Waals surface area contributed by atoms with Crippen molar-refractivity contribution < 1.29 is 37.0 Å². The van der Waals surface area contributed by atoms with Crippen LogP contribution in [0.3, 0.4) is 0 Å². The summed E-state index contributed by atoms with van der Waals surface area (Å²) in [4.78, 5) is 24.5. The SMILES string of the molecule is CC(OC(=O)/C=C/C1C(C(=O)OC(C#N)c2cccc(Oc3ccccc3)c2)C1(C)C)C(F)(F)F. The summed E-state index contributed by atoms with van der Waals surface area (Å²) >= 11 is 0. The zero-order valence-corrected chi connectivity index (χ0v) is 19.3. The number of halogens is 3. The Balaban J connectivity index is 1.63. The monoisotopic (exact) mass is 487 g/mol. The van der Waals surface area contributed by atoms with Gasteiger partial charge in [0.25, 0.3) is 0 Å². The molecule has 0 amide bonds. The molecule has 0 aromatic heterocycles. The second-order valence-corrected chi connectivity index (χ2v) is 8.74. The topological polar surface area (TPSA) is 85.6 Å². The summed E-state index contributed by atoms with van der Waals surface area (Å²) < 4.78 is 53.2. The summed E-state index contributed by atoms with van der Waals surface area (Å²) in [5.74, 6) is -1.88. The van der Waals surface area contributed by atoms with E-state index in [9.17, 15) is 28.0 Å². The van der Waals surface area contributed by atoms with Gasteiger partial charge in [-0.1, -0.05) is 50.3 Å². The number of para-hydroxylation sites is 1. The Kier molecular flexibility index (Phi) is 7.54. The van der Waals surface area contributed by atoms with Gasteiger partial charge in [0.1, 0.15) is 17.6 Å². The molecule has 9 heteroatoms. The van der Waals surface area contributed by atoms with E-state index in [1.165, 1.54) is 6.08 Å². The van der Waals surface area contributed by atoms with Crippen molar-refractivity contribution in [3.63, 3.8) is 0 Å². The molecule has 1 saturated carbocycles. The van der Waals surface area contributed by atoms with Crippen LogP contribution >= 0.6 is 0 Å². The van der Waals surface area contributed by atoms with Crippen molar-refractivity contribution in [3.8, 4) is 17.6 Å². The number of esters is 2. The van der Waals surface area contributed by atoms with Crippen LogP contribution < -0.4 is 4.74 Å². The van der Waals surface area contributed by atoms with Crippen LogP contribution in [0, 0.1) is 28.6 Å². The number of nitrogens with zero attached hydrogens (tertiary/aromatic N) is 1. The van der Waals surface area contributed by atoms with Crippen molar-refractivity contribution in [3.05, 3.63) is 72.3 Å². The molecule has 4 unspecified atom stereocenters. The minimum Gasteiger partial charge on any atom is -0.457 e. The average Bonchev–Trinajstić information content (AvgIpc) is 3.36. The summed E-state index contributed by atoms with van der Waals surface area (Å²) in [6.45, 7) is 4.25. The van der Waals surface area contributed by atoms with E-state index in [4.69, 9.17) is 9.47 Å². The third-order valence-corrected chi connectivity index (χ3v) is 5.85. The Bertz CT molecular complexity index is 1140. The summed E-state index contributed by atoms with van der Waals surface area (Å²) in [6, 6.07) is 17.6. The first-order chi connectivity index (χ1) is 16.4. The fourth-order valence-electron chi connectivity index (χ4n) is 3.67. The van der Waals surface area contributed by atoms with Gasteiger partial charge < -0.3 is 14.2 Å². The van der Waals surface area contributed by atoms with Crippen LogP contribution in [0.15, 0.2) is 66.7 Å². The van der Waals surface area contributed by atoms with E-state index in [2.05, 4.69) is 4.74 Å². The highest BCUT2D eigenvalue weighted by atomic mass is 19.4. The highest BCUT2D eigenvalue weighted by Crippen LogP contribution is 2.59. The van der Waals surface area contributed by atoms with Gasteiger partial charge >= 0.3 is 18.1 Å². The van der Waals surface area contributed by atoms with Gasteiger partial charge in [0.05, 0.1) is 5.92 Å². The Morgan fingerprint density at radius 2 is 1.71 bits per heavy atom. The van der Waals surface area contributed by atoms with Gasteiger partial charge in [-0.3, -0.25) is 4.79 Å². The number of ether oxygens (including phenoxy) is 3. The fourth-order valence-corrected chi connectivity index (χ4v) is 3.67. The molecule has 4 atom stereocenters. The highest BCUT2D eigenvalue weighted by Gasteiger charge is 2.61. The number of carbonyl (C=O) groups is 2. The van der Waals surface area contributed by atoms with Crippen molar-refractivity contribution in [2.75, 3.05) is 0 Å². The fraction of sp³-hybridized carbons (Fsp3) is 0.346. The molecule has 1 fully saturated rings. The molecule has 0 bridgehead atoms. The predicted molar refractivity (Wildman–Crippen MR) is 119 cm³/mol. The third kappa shape index (κ3) is 6.41. The third-order valence-electron chi connectivity index (χ3n) is 5.85. The van der Waals surface area contributed by atoms with Gasteiger partial charge in [0.15, 0.2) is 6.10 Å². The quantitative estimate of drug-likeness (QED) is 0.340. The van der Waals surface area contributed by atoms with Gasteiger partial charge in [-0.05, 0) is 42.5 Å². The zero-order chi connectivity index (χ0) is 25.8. The molecule has 1 aliphatic carbocycles. The van der Waals surface area contributed by atoms with Crippen LogP contribution in [0.4, 0.5) is 13.2 Å². The normalized spacial score (nSPS) is 20.4. The molecule has 0 N–H and O–H groups in total. The lowest BCUT2D eigenvalue weighted by Crippen LogP contribution is -2.30. The maximum atomic E-state index is 12.8. The van der Waals surface area contributed by atoms with Gasteiger partial charge in [0, 0.05) is 11.6 Å². The molecule has 0 spiro atoms. The van der Waals surface area contributed by atoms with E-state index in [-0.39, 0.29) is 0 Å². The molecule has 3 rings (SSSR count). The Morgan fingerprint density at radius 1 is 1.06 bits per heavy atom. The highest BCUT2D eigenvalue weighted by molar-refractivity contribution is 5.83. The van der Waals surface area contributed by atoms with E-state index in [0.29, 0.717) is 17.1 Å². The van der Waals surface area contributed by atoms with Gasteiger partial charge in [-0.2, -0.15) is 18.4 Å². The van der Waals surface area contributed by atoms with E-state index in [1.807, 2.05) is 24.3 Å². The first-order valence-electron chi connectivity index (χ1n) is 10.8. The predicted octanol–water partition coefficient (Wildman–Crippen LogP) is 5.91. The first-order valence-corrected chi connectivity index (χ1v) is 10.8. The standard InChI is InChI=1S/C26H24F3NO5/c1-16(26(27,28)29)33-22(31)13-12-20-23(25(20,2)3)24(32)35-21(15-30)17-8-7-11-19(14-17)34-18-9-5-4-6-10-18/h4-14,16,20-21,23H,1-3H3/b13-12+. The van der Waals surface area contributed by atoms with Gasteiger partial charge in [-0.25, -0.2) is 4.79 Å². The van der Waals surface area contributed by atoms with Crippen molar-refractivity contribution in [1.82, 2.24) is 0 Å². The van der Waals surface area contributed by atoms with Crippen molar-refractivity contribution in [2.24, 2.45) is 17.3 Å². The van der Waals surface area contributed by atoms with Crippen molar-refractivity contribution in [2.45, 2.75) is 39.2 Å². The Morgan fingerprint density at radius 3 is 2.34 bits per heavy atom. The number of nitriles is 1. The smallest absolute Gasteiger partial charge is 0.425 e. The zero-order valence-electron chi connectivity index (χ0n) is 19.3. The van der Waals surface area contributed by atoms with Crippen LogP contribution in [0.25, 0.3) is 0 Å². The lowest BCUT2D eigenvalue weighted by Gasteiger charge is -2.14. The van der Waals surface area contributed by atoms with Crippen LogP contribution in [0.2, 0.25) is 0 Å². The number of allylic oxidation sites excluding steroid dienone is 1. The summed E-state index contributed by atoms with van der Waals surface area (Å²) in [6.07, 6.45) is -5.88. The summed E-state index contributed by atoms with van der Waals surface area (Å²) in [5, 5.41) is 9.60. The molecule has 2 aromatic rings. The molecule has 0 heterocycles. The van der Waals surface area contributed by atoms with E-state index in [0.717, 1.165) is 13.0 Å². The van der Waals surface area contributed by atoms with E-state index >= 15 is 0 Å². The maximum absolute atomic E-state index is 12.8.